The minimum absolute atomic E-state index is 0.0328. The molecule has 2 heterocycles. The second-order valence-electron chi connectivity index (χ2n) is 5.73. The number of hydrogen-bond donors (Lipinski definition) is 3. The Morgan fingerprint density at radius 2 is 2.15 bits per heavy atom. The number of nitrogens with zero attached hydrogens (tertiary/aromatic N) is 3. The molecule has 0 saturated carbocycles. The van der Waals surface area contributed by atoms with Gasteiger partial charge in [0.05, 0.1) is 11.2 Å². The lowest BCUT2D eigenvalue weighted by Crippen LogP contribution is -2.31. The summed E-state index contributed by atoms with van der Waals surface area (Å²) in [6.45, 7) is 2.41. The van der Waals surface area contributed by atoms with Gasteiger partial charge in [0.2, 0.25) is 5.88 Å². The quantitative estimate of drug-likeness (QED) is 0.477. The van der Waals surface area contributed by atoms with Gasteiger partial charge < -0.3 is 10.1 Å². The van der Waals surface area contributed by atoms with Gasteiger partial charge in [0.1, 0.15) is 17.9 Å². The molecule has 0 saturated heterocycles. The fourth-order valence-corrected chi connectivity index (χ4v) is 2.58. The zero-order chi connectivity index (χ0) is 19.2. The lowest BCUT2D eigenvalue weighted by atomic mass is 10.2. The third-order valence-electron chi connectivity index (χ3n) is 3.73. The molecule has 1 aromatic carbocycles. The number of carbonyl (C=O) groups excluding carboxylic acids is 1. The first-order valence-corrected chi connectivity index (χ1v) is 8.38. The summed E-state index contributed by atoms with van der Waals surface area (Å²) in [7, 11) is 1.84. The molecule has 0 aliphatic heterocycles. The topological polar surface area (TPSA) is 105 Å². The van der Waals surface area contributed by atoms with E-state index in [0.29, 0.717) is 23.7 Å². The third-order valence-corrected chi connectivity index (χ3v) is 3.73. The highest BCUT2D eigenvalue weighted by Crippen LogP contribution is 2.25. The first-order valence-electron chi connectivity index (χ1n) is 8.38. The van der Waals surface area contributed by atoms with Crippen molar-refractivity contribution in [2.75, 3.05) is 7.05 Å². The first kappa shape index (κ1) is 18.3. The standard InChI is InChI=1S/C19H20N6O2/c1-3-4-17(20)24-19(26)25-8-7-13-9-15(5-6-16(13)25)27-18-10-14(11-21-2)22-12-23-18/h3-10,12,21H,11H2,1-2H3,(H2,20,24,26)/b4-3-. The van der Waals surface area contributed by atoms with E-state index in [1.165, 1.54) is 17.0 Å². The maximum atomic E-state index is 12.3. The molecule has 27 heavy (non-hydrogen) atoms. The normalized spacial score (nSPS) is 11.0. The second-order valence-corrected chi connectivity index (χ2v) is 5.73. The van der Waals surface area contributed by atoms with Gasteiger partial charge >= 0.3 is 6.03 Å². The van der Waals surface area contributed by atoms with Crippen LogP contribution >= 0.6 is 0 Å². The number of amidine groups is 1. The SMILES string of the molecule is C/C=C\C(=N)NC(=O)n1ccc2cc(Oc3cc(CNC)ncn3)ccc21. The lowest BCUT2D eigenvalue weighted by molar-refractivity contribution is 0.247. The fraction of sp³-hybridized carbons (Fsp3) is 0.158. The van der Waals surface area contributed by atoms with Crippen molar-refractivity contribution in [1.29, 1.82) is 5.41 Å². The summed E-state index contributed by atoms with van der Waals surface area (Å²) >= 11 is 0. The van der Waals surface area contributed by atoms with E-state index in [-0.39, 0.29) is 5.84 Å². The maximum absolute atomic E-state index is 12.3. The molecule has 0 fully saturated rings. The van der Waals surface area contributed by atoms with Gasteiger partial charge in [-0.15, -0.1) is 0 Å². The lowest BCUT2D eigenvalue weighted by Gasteiger charge is -2.08. The minimum atomic E-state index is -0.394. The third kappa shape index (κ3) is 4.36. The Hall–Kier alpha value is -3.52. The molecule has 0 unspecified atom stereocenters. The van der Waals surface area contributed by atoms with Crippen LogP contribution in [0.3, 0.4) is 0 Å². The van der Waals surface area contributed by atoms with Crippen LogP contribution in [0.2, 0.25) is 0 Å². The van der Waals surface area contributed by atoms with E-state index in [2.05, 4.69) is 20.6 Å². The summed E-state index contributed by atoms with van der Waals surface area (Å²) < 4.78 is 7.26. The highest BCUT2D eigenvalue weighted by molar-refractivity contribution is 6.05. The number of fused-ring (bicyclic) bond motifs is 1. The van der Waals surface area contributed by atoms with Crippen molar-refractivity contribution in [3.05, 3.63) is 60.7 Å². The van der Waals surface area contributed by atoms with Crippen LogP contribution in [0.25, 0.3) is 10.9 Å². The van der Waals surface area contributed by atoms with Crippen molar-refractivity contribution in [2.45, 2.75) is 13.5 Å². The zero-order valence-electron chi connectivity index (χ0n) is 15.1. The molecule has 3 N–H and O–H groups in total. The zero-order valence-corrected chi connectivity index (χ0v) is 15.1. The first-order chi connectivity index (χ1) is 13.1. The Morgan fingerprint density at radius 1 is 1.30 bits per heavy atom. The molecule has 0 spiro atoms. The average Bonchev–Trinajstić information content (AvgIpc) is 3.06. The number of allylic oxidation sites excluding steroid dienone is 1. The monoisotopic (exact) mass is 364 g/mol. The predicted octanol–water partition coefficient (Wildman–Crippen LogP) is 3.05. The largest absolute Gasteiger partial charge is 0.439 e. The number of rotatable bonds is 5. The van der Waals surface area contributed by atoms with Crippen LogP contribution < -0.4 is 15.4 Å². The highest BCUT2D eigenvalue weighted by atomic mass is 16.5. The van der Waals surface area contributed by atoms with E-state index < -0.39 is 6.03 Å². The summed E-state index contributed by atoms with van der Waals surface area (Å²) in [6.07, 6.45) is 6.32. The van der Waals surface area contributed by atoms with Crippen LogP contribution in [0.5, 0.6) is 11.6 Å². The number of aromatic nitrogens is 3. The summed E-state index contributed by atoms with van der Waals surface area (Å²) in [6, 6.07) is 8.58. The molecule has 3 rings (SSSR count). The number of benzene rings is 1. The molecule has 1 amide bonds. The number of nitrogens with one attached hydrogen (secondary N) is 3. The predicted molar refractivity (Wildman–Crippen MR) is 103 cm³/mol. The van der Waals surface area contributed by atoms with E-state index in [4.69, 9.17) is 10.1 Å². The number of carbonyl (C=O) groups is 1. The summed E-state index contributed by atoms with van der Waals surface area (Å²) in [5, 5.41) is 14.0. The molecule has 0 atom stereocenters. The van der Waals surface area contributed by atoms with Crippen LogP contribution in [0.4, 0.5) is 4.79 Å². The Labute approximate surface area is 156 Å². The van der Waals surface area contributed by atoms with E-state index in [1.54, 1.807) is 37.4 Å². The minimum Gasteiger partial charge on any atom is -0.439 e. The molecule has 8 heteroatoms. The van der Waals surface area contributed by atoms with Gasteiger partial charge in [0.15, 0.2) is 0 Å². The Morgan fingerprint density at radius 3 is 2.93 bits per heavy atom. The fourth-order valence-electron chi connectivity index (χ4n) is 2.58. The Kier molecular flexibility index (Phi) is 5.58. The summed E-state index contributed by atoms with van der Waals surface area (Å²) in [4.78, 5) is 20.6. The molecule has 3 aromatic rings. The molecule has 8 nitrogen and oxygen atoms in total. The van der Waals surface area contributed by atoms with E-state index in [0.717, 1.165) is 11.1 Å². The van der Waals surface area contributed by atoms with Gasteiger partial charge in [0.25, 0.3) is 0 Å². The van der Waals surface area contributed by atoms with Crippen molar-refractivity contribution in [2.24, 2.45) is 0 Å². The van der Waals surface area contributed by atoms with E-state index >= 15 is 0 Å². The van der Waals surface area contributed by atoms with Crippen LogP contribution in [0.15, 0.2) is 55.0 Å². The van der Waals surface area contributed by atoms with Gasteiger partial charge in [0, 0.05) is 24.2 Å². The summed E-state index contributed by atoms with van der Waals surface area (Å²) in [5.41, 5.74) is 1.54. The Balaban J connectivity index is 1.80. The smallest absolute Gasteiger partial charge is 0.331 e. The number of ether oxygens (including phenoxy) is 1. The van der Waals surface area contributed by atoms with Crippen molar-refractivity contribution < 1.29 is 9.53 Å². The van der Waals surface area contributed by atoms with E-state index in [9.17, 15) is 4.79 Å². The van der Waals surface area contributed by atoms with Gasteiger partial charge in [-0.3, -0.25) is 15.3 Å². The summed E-state index contributed by atoms with van der Waals surface area (Å²) in [5.74, 6) is 1.09. The second kappa shape index (κ2) is 8.24. The van der Waals surface area contributed by atoms with Crippen molar-refractivity contribution in [1.82, 2.24) is 25.2 Å². The average molecular weight is 364 g/mol. The molecular formula is C19H20N6O2. The molecule has 0 radical (unpaired) electrons. The van der Waals surface area contributed by atoms with Crippen LogP contribution in [-0.4, -0.2) is 33.4 Å². The maximum Gasteiger partial charge on any atom is 0.331 e. The van der Waals surface area contributed by atoms with Crippen molar-refractivity contribution >= 4 is 22.8 Å². The number of hydrogen-bond acceptors (Lipinski definition) is 6. The molecule has 0 aliphatic carbocycles. The number of amides is 1. The van der Waals surface area contributed by atoms with Crippen LogP contribution in [-0.2, 0) is 6.54 Å². The molecule has 2 aromatic heterocycles. The van der Waals surface area contributed by atoms with Crippen molar-refractivity contribution in [3.63, 3.8) is 0 Å². The van der Waals surface area contributed by atoms with Crippen LogP contribution in [0, 0.1) is 5.41 Å². The Bertz CT molecular complexity index is 1010. The van der Waals surface area contributed by atoms with Crippen LogP contribution in [0.1, 0.15) is 12.6 Å². The van der Waals surface area contributed by atoms with E-state index in [1.807, 2.05) is 19.2 Å². The molecule has 0 aliphatic rings. The van der Waals surface area contributed by atoms with Gasteiger partial charge in [-0.25, -0.2) is 14.8 Å². The van der Waals surface area contributed by atoms with Crippen molar-refractivity contribution in [3.8, 4) is 11.6 Å². The molecular weight excluding hydrogens is 344 g/mol. The van der Waals surface area contributed by atoms with Gasteiger partial charge in [-0.2, -0.15) is 0 Å². The highest BCUT2D eigenvalue weighted by Gasteiger charge is 2.11. The molecule has 138 valence electrons. The van der Waals surface area contributed by atoms with Gasteiger partial charge in [-0.05, 0) is 44.3 Å². The van der Waals surface area contributed by atoms with Gasteiger partial charge in [-0.1, -0.05) is 6.08 Å². The molecule has 0 bridgehead atoms.